The summed E-state index contributed by atoms with van der Waals surface area (Å²) in [6.45, 7) is 2.64. The minimum absolute atomic E-state index is 0.176. The summed E-state index contributed by atoms with van der Waals surface area (Å²) in [5.41, 5.74) is 2.23. The van der Waals surface area contributed by atoms with Crippen molar-refractivity contribution in [1.82, 2.24) is 15.3 Å². The Kier molecular flexibility index (Phi) is 5.84. The highest BCUT2D eigenvalue weighted by Crippen LogP contribution is 2.24. The molecule has 1 fully saturated rings. The SMILES string of the molecule is Cc1ccc(C(=O)NCC(=O)N2CCCN2C(=O)Nc2cccc3ccccc23)cc1. The van der Waals surface area contributed by atoms with E-state index in [0.29, 0.717) is 30.8 Å². The van der Waals surface area contributed by atoms with Gasteiger partial charge in [0.15, 0.2) is 0 Å². The zero-order valence-corrected chi connectivity index (χ0v) is 17.3. The fourth-order valence-corrected chi connectivity index (χ4v) is 3.65. The van der Waals surface area contributed by atoms with Crippen molar-refractivity contribution in [1.29, 1.82) is 0 Å². The van der Waals surface area contributed by atoms with E-state index in [1.165, 1.54) is 10.0 Å². The number of nitrogens with one attached hydrogen (secondary N) is 2. The van der Waals surface area contributed by atoms with Crippen molar-refractivity contribution < 1.29 is 14.4 Å². The lowest BCUT2D eigenvalue weighted by molar-refractivity contribution is -0.138. The number of amides is 4. The molecule has 0 aromatic heterocycles. The van der Waals surface area contributed by atoms with Crippen LogP contribution in [-0.4, -0.2) is 47.5 Å². The van der Waals surface area contributed by atoms with Crippen LogP contribution in [0.5, 0.6) is 0 Å². The van der Waals surface area contributed by atoms with Gasteiger partial charge in [0.25, 0.3) is 11.8 Å². The minimum Gasteiger partial charge on any atom is -0.343 e. The van der Waals surface area contributed by atoms with Crippen LogP contribution in [0.15, 0.2) is 66.7 Å². The molecule has 1 aliphatic rings. The molecule has 3 aromatic rings. The molecule has 0 radical (unpaired) electrons. The molecule has 2 N–H and O–H groups in total. The first kappa shape index (κ1) is 20.4. The first-order chi connectivity index (χ1) is 15.0. The molecule has 7 heteroatoms. The molecule has 4 amide bonds. The van der Waals surface area contributed by atoms with E-state index in [9.17, 15) is 14.4 Å². The second-order valence-electron chi connectivity index (χ2n) is 7.50. The van der Waals surface area contributed by atoms with Gasteiger partial charge in [-0.3, -0.25) is 9.59 Å². The molecule has 1 aliphatic heterocycles. The molecule has 4 rings (SSSR count). The number of hydrogen-bond acceptors (Lipinski definition) is 3. The predicted molar refractivity (Wildman–Crippen MR) is 120 cm³/mol. The van der Waals surface area contributed by atoms with Gasteiger partial charge in [0, 0.05) is 24.0 Å². The van der Waals surface area contributed by atoms with Crippen molar-refractivity contribution >= 4 is 34.3 Å². The van der Waals surface area contributed by atoms with Gasteiger partial charge in [-0.15, -0.1) is 0 Å². The number of rotatable bonds is 4. The van der Waals surface area contributed by atoms with Crippen molar-refractivity contribution in [3.8, 4) is 0 Å². The summed E-state index contributed by atoms with van der Waals surface area (Å²) >= 11 is 0. The highest BCUT2D eigenvalue weighted by atomic mass is 16.2. The molecule has 0 atom stereocenters. The Morgan fingerprint density at radius 1 is 0.871 bits per heavy atom. The molecule has 0 spiro atoms. The number of benzene rings is 3. The summed E-state index contributed by atoms with van der Waals surface area (Å²) in [4.78, 5) is 37.9. The molecule has 7 nitrogen and oxygen atoms in total. The smallest absolute Gasteiger partial charge is 0.340 e. The van der Waals surface area contributed by atoms with Crippen LogP contribution in [0.3, 0.4) is 0 Å². The van der Waals surface area contributed by atoms with Crippen molar-refractivity contribution in [2.24, 2.45) is 0 Å². The minimum atomic E-state index is -0.368. The Morgan fingerprint density at radius 3 is 2.39 bits per heavy atom. The quantitative estimate of drug-likeness (QED) is 0.682. The molecule has 0 unspecified atom stereocenters. The fourth-order valence-electron chi connectivity index (χ4n) is 3.65. The van der Waals surface area contributed by atoms with E-state index in [-0.39, 0.29) is 24.4 Å². The maximum atomic E-state index is 12.9. The lowest BCUT2D eigenvalue weighted by atomic mass is 10.1. The lowest BCUT2D eigenvalue weighted by Crippen LogP contribution is -2.49. The van der Waals surface area contributed by atoms with E-state index >= 15 is 0 Å². The van der Waals surface area contributed by atoms with Crippen molar-refractivity contribution in [2.45, 2.75) is 13.3 Å². The molecule has 0 aliphatic carbocycles. The Labute approximate surface area is 180 Å². The molecular weight excluding hydrogens is 392 g/mol. The average molecular weight is 416 g/mol. The van der Waals surface area contributed by atoms with Gasteiger partial charge in [0.05, 0.1) is 12.2 Å². The predicted octanol–water partition coefficient (Wildman–Crippen LogP) is 3.56. The normalized spacial score (nSPS) is 13.3. The first-order valence-electron chi connectivity index (χ1n) is 10.2. The maximum absolute atomic E-state index is 12.9. The third-order valence-electron chi connectivity index (χ3n) is 5.30. The van der Waals surface area contributed by atoms with Gasteiger partial charge in [-0.05, 0) is 36.9 Å². The van der Waals surface area contributed by atoms with E-state index in [0.717, 1.165) is 16.3 Å². The van der Waals surface area contributed by atoms with Crippen LogP contribution >= 0.6 is 0 Å². The fraction of sp³-hybridized carbons (Fsp3) is 0.208. The van der Waals surface area contributed by atoms with E-state index in [2.05, 4.69) is 10.6 Å². The summed E-state index contributed by atoms with van der Waals surface area (Å²) in [5.74, 6) is -0.648. The van der Waals surface area contributed by atoms with E-state index in [1.807, 2.05) is 61.5 Å². The van der Waals surface area contributed by atoms with Gasteiger partial charge in [0.1, 0.15) is 0 Å². The van der Waals surface area contributed by atoms with Gasteiger partial charge in [0.2, 0.25) is 0 Å². The summed E-state index contributed by atoms with van der Waals surface area (Å²) in [6, 6.07) is 20.2. The monoisotopic (exact) mass is 416 g/mol. The molecule has 1 heterocycles. The van der Waals surface area contributed by atoms with Gasteiger partial charge in [-0.25, -0.2) is 14.8 Å². The van der Waals surface area contributed by atoms with E-state index < -0.39 is 0 Å². The molecule has 0 bridgehead atoms. The zero-order valence-electron chi connectivity index (χ0n) is 17.3. The number of hydrazine groups is 1. The van der Waals surface area contributed by atoms with Crippen LogP contribution in [-0.2, 0) is 4.79 Å². The van der Waals surface area contributed by atoms with Crippen molar-refractivity contribution in [3.05, 3.63) is 77.9 Å². The number of aryl methyl sites for hydroxylation is 1. The molecule has 0 saturated carbocycles. The molecular formula is C24H24N4O3. The molecule has 31 heavy (non-hydrogen) atoms. The van der Waals surface area contributed by atoms with E-state index in [4.69, 9.17) is 0 Å². The highest BCUT2D eigenvalue weighted by molar-refractivity contribution is 6.02. The van der Waals surface area contributed by atoms with Crippen LogP contribution < -0.4 is 10.6 Å². The third-order valence-corrected chi connectivity index (χ3v) is 5.30. The summed E-state index contributed by atoms with van der Waals surface area (Å²) < 4.78 is 0. The highest BCUT2D eigenvalue weighted by Gasteiger charge is 2.31. The van der Waals surface area contributed by atoms with Gasteiger partial charge in [-0.1, -0.05) is 54.1 Å². The molecule has 158 valence electrons. The zero-order chi connectivity index (χ0) is 21.8. The Balaban J connectivity index is 1.39. The van der Waals surface area contributed by atoms with Crippen LogP contribution in [0.4, 0.5) is 10.5 Å². The van der Waals surface area contributed by atoms with Gasteiger partial charge >= 0.3 is 6.03 Å². The number of fused-ring (bicyclic) bond motifs is 1. The summed E-state index contributed by atoms with van der Waals surface area (Å²) in [6.07, 6.45) is 0.681. The second kappa shape index (κ2) is 8.87. The summed E-state index contributed by atoms with van der Waals surface area (Å²) in [5, 5.41) is 10.3. The standard InChI is InChI=1S/C24H24N4O3/c1-17-10-12-19(13-11-17)23(30)25-16-22(29)27-14-5-15-28(27)24(31)26-21-9-4-7-18-6-2-3-8-20(18)21/h2-4,6-13H,5,14-16H2,1H3,(H,25,30)(H,26,31). The Morgan fingerprint density at radius 2 is 1.58 bits per heavy atom. The first-order valence-corrected chi connectivity index (χ1v) is 10.2. The van der Waals surface area contributed by atoms with Gasteiger partial charge in [-0.2, -0.15) is 0 Å². The number of carbonyl (C=O) groups is 3. The van der Waals surface area contributed by atoms with Gasteiger partial charge < -0.3 is 10.6 Å². The number of nitrogens with zero attached hydrogens (tertiary/aromatic N) is 2. The number of urea groups is 1. The summed E-state index contributed by atoms with van der Waals surface area (Å²) in [7, 11) is 0. The molecule has 1 saturated heterocycles. The molecule has 3 aromatic carbocycles. The van der Waals surface area contributed by atoms with Crippen LogP contribution in [0.25, 0.3) is 10.8 Å². The number of hydrogen-bond donors (Lipinski definition) is 2. The van der Waals surface area contributed by atoms with Crippen molar-refractivity contribution in [3.63, 3.8) is 0 Å². The van der Waals surface area contributed by atoms with E-state index in [1.54, 1.807) is 12.1 Å². The van der Waals surface area contributed by atoms with Crippen LogP contribution in [0.2, 0.25) is 0 Å². The average Bonchev–Trinajstić information content (AvgIpc) is 3.28. The maximum Gasteiger partial charge on any atom is 0.340 e. The van der Waals surface area contributed by atoms with Crippen LogP contribution in [0.1, 0.15) is 22.3 Å². The Bertz CT molecular complexity index is 1120. The number of anilines is 1. The Hall–Kier alpha value is -3.87. The lowest BCUT2D eigenvalue weighted by Gasteiger charge is -2.28. The second-order valence-corrected chi connectivity index (χ2v) is 7.50. The third kappa shape index (κ3) is 4.50. The van der Waals surface area contributed by atoms with Crippen LogP contribution in [0, 0.1) is 6.92 Å². The van der Waals surface area contributed by atoms with Crippen molar-refractivity contribution in [2.75, 3.05) is 25.0 Å². The topological polar surface area (TPSA) is 81.8 Å². The largest absolute Gasteiger partial charge is 0.343 e. The number of carbonyl (C=O) groups excluding carboxylic acids is 3.